The lowest BCUT2D eigenvalue weighted by Crippen LogP contribution is -1.96. The molecule has 0 heterocycles. The topological polar surface area (TPSA) is 33.0 Å². The molecular formula is C12H15NO. The fourth-order valence-electron chi connectivity index (χ4n) is 1.71. The van der Waals surface area contributed by atoms with Gasteiger partial charge < -0.3 is 4.74 Å². The van der Waals surface area contributed by atoms with Gasteiger partial charge in [0.2, 0.25) is 0 Å². The van der Waals surface area contributed by atoms with Gasteiger partial charge in [-0.15, -0.1) is 0 Å². The first-order valence-corrected chi connectivity index (χ1v) is 4.70. The van der Waals surface area contributed by atoms with Gasteiger partial charge in [-0.2, -0.15) is 5.26 Å². The van der Waals surface area contributed by atoms with E-state index >= 15 is 0 Å². The first kappa shape index (κ1) is 10.6. The van der Waals surface area contributed by atoms with Crippen LogP contribution in [0.25, 0.3) is 0 Å². The quantitative estimate of drug-likeness (QED) is 0.732. The summed E-state index contributed by atoms with van der Waals surface area (Å²) in [5.74, 6) is 0.922. The van der Waals surface area contributed by atoms with Crippen LogP contribution >= 0.6 is 0 Å². The molecule has 2 nitrogen and oxygen atoms in total. The van der Waals surface area contributed by atoms with Crippen molar-refractivity contribution in [3.63, 3.8) is 0 Å². The first-order chi connectivity index (χ1) is 6.69. The molecule has 0 aliphatic carbocycles. The molecule has 0 saturated carbocycles. The Hall–Kier alpha value is -1.49. The lowest BCUT2D eigenvalue weighted by Gasteiger charge is -2.11. The van der Waals surface area contributed by atoms with Crippen LogP contribution in [0.4, 0.5) is 0 Å². The van der Waals surface area contributed by atoms with Gasteiger partial charge in [-0.1, -0.05) is 17.7 Å². The van der Waals surface area contributed by atoms with Crippen molar-refractivity contribution in [2.75, 3.05) is 7.11 Å². The maximum atomic E-state index is 8.54. The molecule has 0 aliphatic heterocycles. The van der Waals surface area contributed by atoms with Gasteiger partial charge in [0.05, 0.1) is 13.2 Å². The van der Waals surface area contributed by atoms with Crippen LogP contribution in [0.3, 0.4) is 0 Å². The Morgan fingerprint density at radius 3 is 2.64 bits per heavy atom. The van der Waals surface area contributed by atoms with E-state index in [1.165, 1.54) is 5.56 Å². The molecule has 0 saturated heterocycles. The molecule has 0 fully saturated rings. The smallest absolute Gasteiger partial charge is 0.125 e. The summed E-state index contributed by atoms with van der Waals surface area (Å²) in [6.07, 6.45) is 1.31. The molecule has 0 unspecified atom stereocenters. The monoisotopic (exact) mass is 189 g/mol. The average molecular weight is 189 g/mol. The summed E-state index contributed by atoms with van der Waals surface area (Å²) in [7, 11) is 1.67. The van der Waals surface area contributed by atoms with E-state index in [9.17, 15) is 0 Å². The molecule has 1 aromatic carbocycles. The Kier molecular flexibility index (Phi) is 3.53. The summed E-state index contributed by atoms with van der Waals surface area (Å²) >= 11 is 0. The van der Waals surface area contributed by atoms with Crippen LogP contribution in [0, 0.1) is 25.2 Å². The molecule has 74 valence electrons. The Morgan fingerprint density at radius 1 is 1.36 bits per heavy atom. The second-order valence-corrected chi connectivity index (χ2v) is 3.43. The van der Waals surface area contributed by atoms with Gasteiger partial charge in [0.1, 0.15) is 5.75 Å². The van der Waals surface area contributed by atoms with Gasteiger partial charge in [0.15, 0.2) is 0 Å². The van der Waals surface area contributed by atoms with Crippen molar-refractivity contribution in [3.8, 4) is 11.8 Å². The minimum absolute atomic E-state index is 0.541. The third-order valence-electron chi connectivity index (χ3n) is 2.21. The predicted octanol–water partition coefficient (Wildman–Crippen LogP) is 2.77. The maximum Gasteiger partial charge on any atom is 0.125 e. The van der Waals surface area contributed by atoms with Crippen LogP contribution in [0.15, 0.2) is 12.1 Å². The Morgan fingerprint density at radius 2 is 2.07 bits per heavy atom. The number of rotatable bonds is 3. The third kappa shape index (κ3) is 2.26. The van der Waals surface area contributed by atoms with Crippen LogP contribution in [0.1, 0.15) is 23.1 Å². The molecule has 14 heavy (non-hydrogen) atoms. The Balaban J connectivity index is 3.06. The molecule has 0 aromatic heterocycles. The summed E-state index contributed by atoms with van der Waals surface area (Å²) < 4.78 is 5.32. The maximum absolute atomic E-state index is 8.54. The normalized spacial score (nSPS) is 9.57. The zero-order valence-corrected chi connectivity index (χ0v) is 8.92. The Bertz CT molecular complexity index is 363. The van der Waals surface area contributed by atoms with Gasteiger partial charge in [0.25, 0.3) is 0 Å². The highest BCUT2D eigenvalue weighted by molar-refractivity contribution is 5.44. The average Bonchev–Trinajstić information content (AvgIpc) is 2.14. The molecule has 2 heteroatoms. The number of ether oxygens (including phenoxy) is 1. The standard InChI is InChI=1S/C12H15NO/c1-9-7-10(2)12(14-3)11(8-9)5-4-6-13/h7-8H,4-5H2,1-3H3. The number of hydrogen-bond acceptors (Lipinski definition) is 2. The highest BCUT2D eigenvalue weighted by Gasteiger charge is 2.06. The van der Waals surface area contributed by atoms with E-state index in [-0.39, 0.29) is 0 Å². The van der Waals surface area contributed by atoms with Crippen LogP contribution in [0.2, 0.25) is 0 Å². The van der Waals surface area contributed by atoms with E-state index in [2.05, 4.69) is 25.1 Å². The highest BCUT2D eigenvalue weighted by atomic mass is 16.5. The molecule has 0 aliphatic rings. The molecule has 0 radical (unpaired) electrons. The molecule has 0 N–H and O–H groups in total. The lowest BCUT2D eigenvalue weighted by molar-refractivity contribution is 0.406. The zero-order valence-electron chi connectivity index (χ0n) is 8.92. The molecule has 0 amide bonds. The fourth-order valence-corrected chi connectivity index (χ4v) is 1.71. The van der Waals surface area contributed by atoms with E-state index in [0.717, 1.165) is 23.3 Å². The van der Waals surface area contributed by atoms with Gasteiger partial charge in [-0.25, -0.2) is 0 Å². The van der Waals surface area contributed by atoms with Crippen molar-refractivity contribution in [2.45, 2.75) is 26.7 Å². The van der Waals surface area contributed by atoms with Crippen molar-refractivity contribution < 1.29 is 4.74 Å². The van der Waals surface area contributed by atoms with Crippen molar-refractivity contribution in [1.29, 1.82) is 5.26 Å². The molecule has 1 rings (SSSR count). The second-order valence-electron chi connectivity index (χ2n) is 3.43. The third-order valence-corrected chi connectivity index (χ3v) is 2.21. The number of nitriles is 1. The summed E-state index contributed by atoms with van der Waals surface area (Å²) in [6, 6.07) is 6.33. The van der Waals surface area contributed by atoms with E-state index in [1.54, 1.807) is 7.11 Å². The second kappa shape index (κ2) is 4.66. The van der Waals surface area contributed by atoms with Crippen LogP contribution in [-0.4, -0.2) is 7.11 Å². The van der Waals surface area contributed by atoms with Crippen molar-refractivity contribution in [2.24, 2.45) is 0 Å². The number of benzene rings is 1. The molecule has 0 spiro atoms. The fraction of sp³-hybridized carbons (Fsp3) is 0.417. The first-order valence-electron chi connectivity index (χ1n) is 4.70. The van der Waals surface area contributed by atoms with Crippen LogP contribution < -0.4 is 4.74 Å². The van der Waals surface area contributed by atoms with E-state index in [1.807, 2.05) is 6.92 Å². The zero-order chi connectivity index (χ0) is 10.6. The molecule has 1 aromatic rings. The summed E-state index contributed by atoms with van der Waals surface area (Å²) in [5.41, 5.74) is 3.49. The molecule has 0 bridgehead atoms. The minimum Gasteiger partial charge on any atom is -0.496 e. The van der Waals surface area contributed by atoms with Crippen molar-refractivity contribution in [1.82, 2.24) is 0 Å². The largest absolute Gasteiger partial charge is 0.496 e. The van der Waals surface area contributed by atoms with E-state index in [4.69, 9.17) is 10.00 Å². The van der Waals surface area contributed by atoms with Crippen molar-refractivity contribution >= 4 is 0 Å². The van der Waals surface area contributed by atoms with Gasteiger partial charge >= 0.3 is 0 Å². The number of nitrogens with zero attached hydrogens (tertiary/aromatic N) is 1. The molecular weight excluding hydrogens is 174 g/mol. The van der Waals surface area contributed by atoms with Gasteiger partial charge in [0, 0.05) is 6.42 Å². The number of methoxy groups -OCH3 is 1. The minimum atomic E-state index is 0.541. The van der Waals surface area contributed by atoms with Crippen LogP contribution in [-0.2, 0) is 6.42 Å². The summed E-state index contributed by atoms with van der Waals surface area (Å²) in [6.45, 7) is 4.09. The Labute approximate surface area is 85.1 Å². The van der Waals surface area contributed by atoms with Crippen LogP contribution in [0.5, 0.6) is 5.75 Å². The lowest BCUT2D eigenvalue weighted by atomic mass is 10.0. The van der Waals surface area contributed by atoms with E-state index < -0.39 is 0 Å². The summed E-state index contributed by atoms with van der Waals surface area (Å²) in [4.78, 5) is 0. The van der Waals surface area contributed by atoms with Crippen molar-refractivity contribution in [3.05, 3.63) is 28.8 Å². The molecule has 0 atom stereocenters. The van der Waals surface area contributed by atoms with Gasteiger partial charge in [-0.3, -0.25) is 0 Å². The predicted molar refractivity (Wildman–Crippen MR) is 56.4 cm³/mol. The highest BCUT2D eigenvalue weighted by Crippen LogP contribution is 2.25. The summed E-state index contributed by atoms with van der Waals surface area (Å²) in [5, 5.41) is 8.54. The number of aryl methyl sites for hydroxylation is 3. The SMILES string of the molecule is COc1c(C)cc(C)cc1CCC#N. The number of hydrogen-bond donors (Lipinski definition) is 0. The van der Waals surface area contributed by atoms with Gasteiger partial charge in [-0.05, 0) is 31.4 Å². The van der Waals surface area contributed by atoms with E-state index in [0.29, 0.717) is 6.42 Å².